The molecule has 0 bridgehead atoms. The van der Waals surface area contributed by atoms with Gasteiger partial charge in [-0.3, -0.25) is 4.21 Å². The zero-order chi connectivity index (χ0) is 32.9. The molecule has 0 spiro atoms. The molecule has 1 aliphatic rings. The van der Waals surface area contributed by atoms with Crippen molar-refractivity contribution in [2.75, 3.05) is 11.5 Å². The molecule has 3 rings (SSSR count). The lowest BCUT2D eigenvalue weighted by molar-refractivity contribution is -0.106. The Labute approximate surface area is 256 Å². The van der Waals surface area contributed by atoms with E-state index in [1.54, 1.807) is 18.2 Å². The molecule has 4 nitrogen and oxygen atoms in total. The van der Waals surface area contributed by atoms with Crippen LogP contribution in [-0.2, 0) is 22.0 Å². The summed E-state index contributed by atoms with van der Waals surface area (Å²) in [6, 6.07) is 10.2. The molecule has 0 aliphatic carbocycles. The Morgan fingerprint density at radius 1 is 1.10 bits per heavy atom. The van der Waals surface area contributed by atoms with Crippen LogP contribution in [0.4, 0.5) is 13.2 Å². The Hall–Kier alpha value is -2.61. The number of hydrogen-bond acceptors (Lipinski definition) is 4. The average molecular weight is 614 g/mol. The van der Waals surface area contributed by atoms with Crippen molar-refractivity contribution in [2.45, 2.75) is 107 Å². The quantitative estimate of drug-likeness (QED) is 0.316. The molecular weight excluding hydrogens is 559 g/mol. The average Bonchev–Trinajstić information content (AvgIpc) is 2.90. The summed E-state index contributed by atoms with van der Waals surface area (Å²) in [4.78, 5) is 8.81. The van der Waals surface area contributed by atoms with Crippen LogP contribution >= 0.6 is 0 Å². The maximum absolute atomic E-state index is 14.1. The van der Waals surface area contributed by atoms with Crippen molar-refractivity contribution >= 4 is 22.8 Å². The van der Waals surface area contributed by atoms with Gasteiger partial charge >= 0.3 is 6.61 Å². The monoisotopic (exact) mass is 613 g/mol. The second kappa shape index (κ2) is 22.9. The van der Waals surface area contributed by atoms with Gasteiger partial charge in [-0.25, -0.2) is 4.39 Å². The predicted octanol–water partition coefficient (Wildman–Crippen LogP) is 9.44. The number of nitrogens with one attached hydrogen (secondary N) is 1. The van der Waals surface area contributed by atoms with Crippen LogP contribution in [0.5, 0.6) is 5.75 Å². The lowest BCUT2D eigenvalue weighted by Gasteiger charge is -2.36. The van der Waals surface area contributed by atoms with Crippen molar-refractivity contribution in [3.63, 3.8) is 0 Å². The number of halogens is 3. The van der Waals surface area contributed by atoms with Crippen LogP contribution in [0.15, 0.2) is 43.0 Å². The summed E-state index contributed by atoms with van der Waals surface area (Å²) < 4.78 is 53.4. The van der Waals surface area contributed by atoms with Crippen LogP contribution in [0.2, 0.25) is 0 Å². The van der Waals surface area contributed by atoms with Crippen molar-refractivity contribution < 1.29 is 26.9 Å². The highest BCUT2D eigenvalue weighted by Gasteiger charge is 2.30. The van der Waals surface area contributed by atoms with Gasteiger partial charge in [0.15, 0.2) is 0 Å². The van der Waals surface area contributed by atoms with Crippen LogP contribution in [-0.4, -0.2) is 34.2 Å². The third kappa shape index (κ3) is 18.7. The van der Waals surface area contributed by atoms with Gasteiger partial charge in [-0.05, 0) is 93.8 Å². The second-order valence-corrected chi connectivity index (χ2v) is 12.4. The smallest absolute Gasteiger partial charge is 0.387 e. The number of aldehydes is 1. The van der Waals surface area contributed by atoms with Gasteiger partial charge in [0, 0.05) is 39.1 Å². The fraction of sp³-hybridized carbons (Fsp3) is 0.559. The van der Waals surface area contributed by atoms with E-state index in [-0.39, 0.29) is 17.1 Å². The molecule has 1 heterocycles. The van der Waals surface area contributed by atoms with Crippen molar-refractivity contribution in [1.82, 2.24) is 5.32 Å². The maximum Gasteiger partial charge on any atom is 0.387 e. The van der Waals surface area contributed by atoms with E-state index in [9.17, 15) is 17.4 Å². The van der Waals surface area contributed by atoms with E-state index in [1.165, 1.54) is 13.0 Å². The summed E-state index contributed by atoms with van der Waals surface area (Å²) in [7, 11) is -0.701. The molecule has 42 heavy (non-hydrogen) atoms. The molecule has 0 aromatic heterocycles. The van der Waals surface area contributed by atoms with E-state index in [0.29, 0.717) is 22.8 Å². The molecule has 2 aromatic carbocycles. The molecule has 1 N–H and O–H groups in total. The number of benzene rings is 2. The fourth-order valence-electron chi connectivity index (χ4n) is 3.64. The first-order valence-electron chi connectivity index (χ1n) is 14.7. The number of hydrogen-bond donors (Lipinski definition) is 1. The molecule has 1 fully saturated rings. The summed E-state index contributed by atoms with van der Waals surface area (Å²) in [5, 5.41) is 3.35. The number of ether oxygens (including phenoxy) is 1. The lowest BCUT2D eigenvalue weighted by Crippen LogP contribution is -2.46. The van der Waals surface area contributed by atoms with Crippen molar-refractivity contribution in [3.8, 4) is 5.75 Å². The van der Waals surface area contributed by atoms with Crippen LogP contribution in [0, 0.1) is 25.6 Å². The molecular formula is C34H54F3NO3S. The SMILES string of the molecule is C=C(NC1(C)CCS(=O)CC1)c1cc(C)c(C)cc1F.CC.CC(C)C.CC=O.CCCc1cccc(OC(F)F)c1. The first-order valence-corrected chi connectivity index (χ1v) is 16.2. The topological polar surface area (TPSA) is 55.4 Å². The lowest BCUT2D eigenvalue weighted by atomic mass is 9.93. The first-order chi connectivity index (χ1) is 19.7. The van der Waals surface area contributed by atoms with E-state index in [1.807, 2.05) is 46.8 Å². The van der Waals surface area contributed by atoms with Crippen molar-refractivity contribution in [3.05, 3.63) is 71.0 Å². The van der Waals surface area contributed by atoms with Crippen molar-refractivity contribution in [1.29, 1.82) is 0 Å². The molecule has 8 heteroatoms. The first kappa shape index (κ1) is 41.5. The van der Waals surface area contributed by atoms with Gasteiger partial charge in [-0.15, -0.1) is 0 Å². The Morgan fingerprint density at radius 3 is 2.07 bits per heavy atom. The molecule has 0 unspecified atom stereocenters. The highest BCUT2D eigenvalue weighted by atomic mass is 32.2. The van der Waals surface area contributed by atoms with E-state index in [2.05, 4.69) is 44.3 Å². The summed E-state index contributed by atoms with van der Waals surface area (Å²) in [6.45, 7) is 21.2. The van der Waals surface area contributed by atoms with Gasteiger partial charge in [-0.1, -0.05) is 66.7 Å². The van der Waals surface area contributed by atoms with E-state index < -0.39 is 17.4 Å². The zero-order valence-corrected chi connectivity index (χ0v) is 28.2. The highest BCUT2D eigenvalue weighted by molar-refractivity contribution is 7.85. The third-order valence-corrected chi connectivity index (χ3v) is 7.11. The van der Waals surface area contributed by atoms with E-state index in [0.717, 1.165) is 54.6 Å². The van der Waals surface area contributed by atoms with Crippen LogP contribution < -0.4 is 10.1 Å². The van der Waals surface area contributed by atoms with Gasteiger partial charge in [0.2, 0.25) is 0 Å². The molecule has 0 saturated carbocycles. The Bertz CT molecular complexity index is 1060. The third-order valence-electron chi connectivity index (χ3n) is 5.79. The summed E-state index contributed by atoms with van der Waals surface area (Å²) >= 11 is 0. The standard InChI is InChI=1S/C16H22FNOS.C10H12F2O.C4H10.C2H4O.C2H6/c1-11-9-14(15(17)10-12(11)2)13(3)18-16(4)5-7-20(19)8-6-16;1-2-4-8-5-3-6-9(7-8)13-10(11)12;1-4(2)3;1-2-3;1-2/h9-10,18H,3,5-8H2,1-2,4H3;3,5-7,10H,2,4H2,1H3;4H,1-3H3;2H,1H3;1-2H3. The molecule has 0 atom stereocenters. The predicted molar refractivity (Wildman–Crippen MR) is 174 cm³/mol. The van der Waals surface area contributed by atoms with E-state index in [4.69, 9.17) is 4.79 Å². The summed E-state index contributed by atoms with van der Waals surface area (Å²) in [5.41, 5.74) is 4.02. The number of carbonyl (C=O) groups excluding carboxylic acids is 1. The highest BCUT2D eigenvalue weighted by Crippen LogP contribution is 2.27. The van der Waals surface area contributed by atoms with E-state index >= 15 is 0 Å². The summed E-state index contributed by atoms with van der Waals surface area (Å²) in [6.07, 6.45) is 4.29. The van der Waals surface area contributed by atoms with Crippen LogP contribution in [0.25, 0.3) is 5.70 Å². The van der Waals surface area contributed by atoms with Crippen LogP contribution in [0.1, 0.15) is 96.9 Å². The number of alkyl halides is 2. The van der Waals surface area contributed by atoms with Crippen LogP contribution in [0.3, 0.4) is 0 Å². The summed E-state index contributed by atoms with van der Waals surface area (Å²) in [5.74, 6) is 2.23. The Morgan fingerprint density at radius 2 is 1.60 bits per heavy atom. The minimum absolute atomic E-state index is 0.143. The molecule has 0 radical (unpaired) electrons. The normalized spacial score (nSPS) is 17.1. The minimum Gasteiger partial charge on any atom is -0.435 e. The molecule has 240 valence electrons. The largest absolute Gasteiger partial charge is 0.435 e. The van der Waals surface area contributed by atoms with Gasteiger partial charge in [-0.2, -0.15) is 8.78 Å². The minimum atomic E-state index is -2.74. The Kier molecular flexibility index (Phi) is 22.7. The molecule has 1 aliphatic heterocycles. The second-order valence-electron chi connectivity index (χ2n) is 10.7. The fourth-order valence-corrected chi connectivity index (χ4v) is 5.20. The number of aryl methyl sites for hydroxylation is 3. The zero-order valence-electron chi connectivity index (χ0n) is 27.4. The van der Waals surface area contributed by atoms with Gasteiger partial charge < -0.3 is 14.8 Å². The molecule has 0 amide bonds. The molecule has 2 aromatic rings. The molecule has 1 saturated heterocycles. The maximum atomic E-state index is 14.1. The van der Waals surface area contributed by atoms with Gasteiger partial charge in [0.1, 0.15) is 17.9 Å². The Balaban J connectivity index is 0. The van der Waals surface area contributed by atoms with Gasteiger partial charge in [0.05, 0.1) is 0 Å². The number of carbonyl (C=O) groups is 1. The van der Waals surface area contributed by atoms with Gasteiger partial charge in [0.25, 0.3) is 0 Å². The number of rotatable bonds is 7. The van der Waals surface area contributed by atoms with Crippen molar-refractivity contribution in [2.24, 2.45) is 5.92 Å².